The third-order valence-electron chi connectivity index (χ3n) is 7.16. The van der Waals surface area contributed by atoms with Crippen LogP contribution in [0.15, 0.2) is 109 Å². The second-order valence-electron chi connectivity index (χ2n) is 10.1. The van der Waals surface area contributed by atoms with Crippen LogP contribution in [-0.2, 0) is 39.0 Å². The smallest absolute Gasteiger partial charge is 1.00 e. The number of aryl methyl sites for hydroxylation is 4. The van der Waals surface area contributed by atoms with Gasteiger partial charge in [0.1, 0.15) is 0 Å². The first-order valence-electron chi connectivity index (χ1n) is 14.1. The molecule has 0 fully saturated rings. The first-order valence-corrected chi connectivity index (χ1v) is 14.1. The van der Waals surface area contributed by atoms with Crippen molar-refractivity contribution < 1.29 is 51.0 Å². The summed E-state index contributed by atoms with van der Waals surface area (Å²) in [4.78, 5) is 0. The molecule has 0 unspecified atom stereocenters. The first kappa shape index (κ1) is 37.6. The van der Waals surface area contributed by atoms with Crippen LogP contribution in [0.25, 0.3) is 43.8 Å². The van der Waals surface area contributed by atoms with E-state index in [4.69, 9.17) is 0 Å². The predicted octanol–water partition coefficient (Wildman–Crippen LogP) is 5.24. The third kappa shape index (κ3) is 9.28. The van der Waals surface area contributed by atoms with Crippen molar-refractivity contribution in [2.45, 2.75) is 47.0 Å². The topological polar surface area (TPSA) is 0 Å². The summed E-state index contributed by atoms with van der Waals surface area (Å²) in [5.74, 6) is 0. The van der Waals surface area contributed by atoms with Crippen LogP contribution in [0.4, 0.5) is 0 Å². The fourth-order valence-corrected chi connectivity index (χ4v) is 4.97. The molecule has 0 saturated carbocycles. The number of hydrogen-bond donors (Lipinski definition) is 0. The van der Waals surface area contributed by atoms with Gasteiger partial charge in [0.15, 0.2) is 0 Å². The average molecular weight is 671 g/mol. The molecule has 0 N–H and O–H groups in total. The van der Waals surface area contributed by atoms with E-state index >= 15 is 0 Å². The van der Waals surface area contributed by atoms with Crippen LogP contribution in [0.2, 0.25) is 0 Å². The van der Waals surface area contributed by atoms with Gasteiger partial charge in [-0.25, -0.2) is 0 Å². The normalized spacial score (nSPS) is 9.86. The largest absolute Gasteiger partial charge is 2.00 e. The Morgan fingerprint density at radius 1 is 0.548 bits per heavy atom. The molecule has 218 valence electrons. The molecule has 0 nitrogen and oxygen atoms in total. The molecule has 0 bridgehead atoms. The minimum atomic E-state index is 0. The van der Waals surface area contributed by atoms with Crippen molar-refractivity contribution in [2.24, 2.45) is 0 Å². The Hall–Kier alpha value is -2.44. The Morgan fingerprint density at radius 3 is 1.19 bits per heavy atom. The first-order chi connectivity index (χ1) is 19.0. The third-order valence-corrected chi connectivity index (χ3v) is 7.16. The maximum atomic E-state index is 3.38. The molecule has 0 aliphatic heterocycles. The van der Waals surface area contributed by atoms with Crippen molar-refractivity contribution in [3.8, 4) is 22.3 Å². The number of benzene rings is 4. The molecular formula is C39H40Cl2Zr-4. The van der Waals surface area contributed by atoms with E-state index in [1.165, 1.54) is 66.1 Å². The van der Waals surface area contributed by atoms with Gasteiger partial charge in [0.2, 0.25) is 0 Å². The summed E-state index contributed by atoms with van der Waals surface area (Å²) in [6.45, 7) is 15.4. The molecule has 0 saturated heterocycles. The Balaban J connectivity index is 0.000000361. The van der Waals surface area contributed by atoms with E-state index < -0.39 is 0 Å². The zero-order valence-electron chi connectivity index (χ0n) is 25.2. The molecule has 0 heterocycles. The van der Waals surface area contributed by atoms with E-state index in [9.17, 15) is 0 Å². The molecule has 6 aromatic rings. The van der Waals surface area contributed by atoms with Crippen LogP contribution in [0.3, 0.4) is 0 Å². The van der Waals surface area contributed by atoms with Crippen molar-refractivity contribution in [2.75, 3.05) is 0 Å². The zero-order chi connectivity index (χ0) is 27.8. The Kier molecular flexibility index (Phi) is 16.4. The molecule has 6 rings (SSSR count). The molecule has 3 heteroatoms. The van der Waals surface area contributed by atoms with Gasteiger partial charge < -0.3 is 45.1 Å². The van der Waals surface area contributed by atoms with Gasteiger partial charge in [0, 0.05) is 0 Å². The molecule has 0 aliphatic carbocycles. The van der Waals surface area contributed by atoms with Gasteiger partial charge in [0.25, 0.3) is 0 Å². The molecular weight excluding hydrogens is 631 g/mol. The maximum absolute atomic E-state index is 3.38. The summed E-state index contributed by atoms with van der Waals surface area (Å²) < 4.78 is 0. The van der Waals surface area contributed by atoms with E-state index in [2.05, 4.69) is 151 Å². The minimum absolute atomic E-state index is 0. The van der Waals surface area contributed by atoms with Crippen LogP contribution >= 0.6 is 0 Å². The van der Waals surface area contributed by atoms with Gasteiger partial charge in [-0.05, 0) is 37.8 Å². The van der Waals surface area contributed by atoms with E-state index in [1.807, 2.05) is 0 Å². The van der Waals surface area contributed by atoms with Crippen LogP contribution in [0, 0.1) is 27.7 Å². The van der Waals surface area contributed by atoms with Crippen molar-refractivity contribution in [3.63, 3.8) is 0 Å². The van der Waals surface area contributed by atoms with E-state index in [-0.39, 0.29) is 51.0 Å². The quantitative estimate of drug-likeness (QED) is 0.225. The average Bonchev–Trinajstić information content (AvgIpc) is 3.59. The second-order valence-corrected chi connectivity index (χ2v) is 10.1. The Labute approximate surface area is 285 Å². The van der Waals surface area contributed by atoms with Crippen LogP contribution in [0.5, 0.6) is 0 Å². The van der Waals surface area contributed by atoms with Crippen molar-refractivity contribution in [3.05, 3.63) is 145 Å². The summed E-state index contributed by atoms with van der Waals surface area (Å²) in [6, 6.07) is 39.9. The molecule has 0 spiro atoms. The summed E-state index contributed by atoms with van der Waals surface area (Å²) in [7, 11) is 0. The minimum Gasteiger partial charge on any atom is -1.00 e. The molecule has 42 heavy (non-hydrogen) atoms. The second kappa shape index (κ2) is 18.3. The van der Waals surface area contributed by atoms with E-state index in [0.717, 1.165) is 19.3 Å². The molecule has 6 aromatic carbocycles. The van der Waals surface area contributed by atoms with E-state index in [0.29, 0.717) is 0 Å². The number of halogens is 2. The zero-order valence-corrected chi connectivity index (χ0v) is 29.2. The summed E-state index contributed by atoms with van der Waals surface area (Å²) in [6.07, 6.45) is 2.95. The predicted molar refractivity (Wildman–Crippen MR) is 174 cm³/mol. The molecule has 0 aromatic heterocycles. The van der Waals surface area contributed by atoms with Gasteiger partial charge >= 0.3 is 26.2 Å². The Bertz CT molecular complexity index is 1500. The molecule has 0 aliphatic rings. The van der Waals surface area contributed by atoms with Gasteiger partial charge in [-0.1, -0.05) is 96.8 Å². The summed E-state index contributed by atoms with van der Waals surface area (Å²) in [5.41, 5.74) is 10.7. The molecule has 0 atom stereocenters. The van der Waals surface area contributed by atoms with Crippen molar-refractivity contribution >= 4 is 21.5 Å². The van der Waals surface area contributed by atoms with Gasteiger partial charge in [-0.3, -0.25) is 0 Å². The maximum Gasteiger partial charge on any atom is 2.00 e. The van der Waals surface area contributed by atoms with Crippen molar-refractivity contribution in [1.82, 2.24) is 0 Å². The van der Waals surface area contributed by atoms with Crippen molar-refractivity contribution in [1.29, 1.82) is 0 Å². The summed E-state index contributed by atoms with van der Waals surface area (Å²) >= 11 is 0. The molecule has 0 amide bonds. The number of rotatable bonds is 4. The van der Waals surface area contributed by atoms with Gasteiger partial charge in [-0.15, -0.1) is 69.1 Å². The SMILES string of the molecule is CCc1cc2c(-c3ccc(C)cc3)cccc2[cH-]1.CCc1cc2c(-c3ccc(C)cc3)cccc2[cH-]1.[CH2-]C[CH2-].[Cl-].[Cl-].[Zr+2]. The Morgan fingerprint density at radius 2 is 0.881 bits per heavy atom. The standard InChI is InChI=1S/2C18H17.C3H6.2ClH.Zr/c2*1-3-14-11-16-5-4-6-17(18(16)12-14)15-9-7-13(2)8-10-15;1-3-2;;;/h2*4-12H,3H2,1-2H3;1-3H2;2*1H;/q2*-1;-2;;;+2/p-2. The summed E-state index contributed by atoms with van der Waals surface area (Å²) in [5, 5.41) is 5.45. The van der Waals surface area contributed by atoms with Crippen LogP contribution < -0.4 is 24.8 Å². The monoisotopic (exact) mass is 668 g/mol. The number of hydrogen-bond acceptors (Lipinski definition) is 0. The van der Waals surface area contributed by atoms with E-state index in [1.54, 1.807) is 0 Å². The number of fused-ring (bicyclic) bond motifs is 2. The van der Waals surface area contributed by atoms with Gasteiger partial charge in [-0.2, -0.15) is 12.1 Å². The molecule has 0 radical (unpaired) electrons. The van der Waals surface area contributed by atoms with Crippen LogP contribution in [0.1, 0.15) is 42.5 Å². The fourth-order valence-electron chi connectivity index (χ4n) is 4.97. The fraction of sp³-hybridized carbons (Fsp3) is 0.179. The van der Waals surface area contributed by atoms with Gasteiger partial charge in [0.05, 0.1) is 0 Å². The van der Waals surface area contributed by atoms with Crippen LogP contribution in [-0.4, -0.2) is 0 Å².